The number of Topliss-reactive ketones (excluding diaryl/α,β-unsaturated/α-hetero) is 1. The molecule has 0 spiro atoms. The van der Waals surface area contributed by atoms with Gasteiger partial charge in [0.25, 0.3) is 0 Å². The molecule has 1 heterocycles. The summed E-state index contributed by atoms with van der Waals surface area (Å²) in [5, 5.41) is 0. The average molecular weight is 244 g/mol. The van der Waals surface area contributed by atoms with Gasteiger partial charge in [-0.2, -0.15) is 0 Å². The number of rotatable bonds is 5. The van der Waals surface area contributed by atoms with Crippen LogP contribution in [-0.2, 0) is 18.3 Å². The van der Waals surface area contributed by atoms with Gasteiger partial charge in [0.05, 0.1) is 17.5 Å². The Morgan fingerprint density at radius 3 is 2.56 bits per heavy atom. The molecule has 1 aromatic heterocycles. The summed E-state index contributed by atoms with van der Waals surface area (Å²) in [5.74, 6) is 1.34. The Hall–Kier alpha value is -1.64. The van der Waals surface area contributed by atoms with E-state index in [1.165, 1.54) is 0 Å². The van der Waals surface area contributed by atoms with Crippen LogP contribution >= 0.6 is 0 Å². The minimum Gasteiger partial charge on any atom is -0.331 e. The summed E-state index contributed by atoms with van der Waals surface area (Å²) in [6.45, 7) is 4.14. The van der Waals surface area contributed by atoms with Gasteiger partial charge in [-0.1, -0.05) is 26.0 Å². The van der Waals surface area contributed by atoms with Gasteiger partial charge >= 0.3 is 0 Å². The van der Waals surface area contributed by atoms with Gasteiger partial charge in [-0.15, -0.1) is 0 Å². The number of ketones is 1. The number of aromatic nitrogens is 2. The summed E-state index contributed by atoms with van der Waals surface area (Å²) < 4.78 is 2.02. The summed E-state index contributed by atoms with van der Waals surface area (Å²) in [4.78, 5) is 16.7. The zero-order valence-electron chi connectivity index (χ0n) is 11.3. The Bertz CT molecular complexity index is 553. The number of aryl methyl sites for hydroxylation is 1. The number of hydrogen-bond acceptors (Lipinski definition) is 2. The predicted molar refractivity (Wildman–Crippen MR) is 73.5 cm³/mol. The number of fused-ring (bicyclic) bond motifs is 1. The lowest BCUT2D eigenvalue weighted by molar-refractivity contribution is -0.122. The van der Waals surface area contributed by atoms with Crippen molar-refractivity contribution < 1.29 is 4.79 Å². The highest BCUT2D eigenvalue weighted by Crippen LogP contribution is 2.17. The van der Waals surface area contributed by atoms with Gasteiger partial charge in [-0.05, 0) is 25.0 Å². The van der Waals surface area contributed by atoms with E-state index in [0.717, 1.165) is 29.7 Å². The molecule has 0 aliphatic rings. The highest BCUT2D eigenvalue weighted by molar-refractivity contribution is 5.84. The quantitative estimate of drug-likeness (QED) is 0.810. The Morgan fingerprint density at radius 2 is 1.94 bits per heavy atom. The van der Waals surface area contributed by atoms with E-state index in [1.54, 1.807) is 0 Å². The summed E-state index contributed by atoms with van der Waals surface area (Å²) in [5.41, 5.74) is 2.05. The highest BCUT2D eigenvalue weighted by atomic mass is 16.1. The lowest BCUT2D eigenvalue weighted by Gasteiger charge is -2.10. The van der Waals surface area contributed by atoms with Gasteiger partial charge in [0, 0.05) is 13.0 Å². The van der Waals surface area contributed by atoms with Crippen LogP contribution in [0.25, 0.3) is 11.0 Å². The van der Waals surface area contributed by atoms with Crippen molar-refractivity contribution in [2.24, 2.45) is 13.0 Å². The Morgan fingerprint density at radius 1 is 1.28 bits per heavy atom. The fourth-order valence-electron chi connectivity index (χ4n) is 2.40. The van der Waals surface area contributed by atoms with Crippen molar-refractivity contribution in [3.05, 3.63) is 30.1 Å². The minimum atomic E-state index is 0.171. The number of carbonyl (C=O) groups excluding carboxylic acids is 1. The van der Waals surface area contributed by atoms with Crippen molar-refractivity contribution in [3.63, 3.8) is 0 Å². The number of carbonyl (C=O) groups is 1. The second kappa shape index (κ2) is 5.34. The molecular weight excluding hydrogens is 224 g/mol. The molecule has 2 rings (SSSR count). The van der Waals surface area contributed by atoms with Gasteiger partial charge in [-0.3, -0.25) is 4.79 Å². The van der Waals surface area contributed by atoms with E-state index in [9.17, 15) is 4.79 Å². The van der Waals surface area contributed by atoms with Gasteiger partial charge < -0.3 is 4.57 Å². The molecule has 3 nitrogen and oxygen atoms in total. The normalized spacial score (nSPS) is 11.3. The smallest absolute Gasteiger partial charge is 0.143 e. The van der Waals surface area contributed by atoms with Crippen LogP contribution in [0.4, 0.5) is 0 Å². The number of imidazole rings is 1. The number of benzene rings is 1. The van der Waals surface area contributed by atoms with E-state index >= 15 is 0 Å². The minimum absolute atomic E-state index is 0.171. The van der Waals surface area contributed by atoms with Crippen LogP contribution in [0.15, 0.2) is 24.3 Å². The third-order valence-electron chi connectivity index (χ3n) is 3.65. The molecule has 18 heavy (non-hydrogen) atoms. The van der Waals surface area contributed by atoms with E-state index in [4.69, 9.17) is 0 Å². The van der Waals surface area contributed by atoms with Crippen molar-refractivity contribution in [2.75, 3.05) is 0 Å². The molecule has 0 unspecified atom stereocenters. The first-order chi connectivity index (χ1) is 8.67. The average Bonchev–Trinajstić information content (AvgIpc) is 2.68. The molecule has 0 aliphatic carbocycles. The zero-order chi connectivity index (χ0) is 13.1. The second-order valence-corrected chi connectivity index (χ2v) is 4.73. The standard InChI is InChI=1S/C15H20N2O/c1-4-11(5-2)14(18)10-15-16-12-8-6-7-9-13(12)17(15)3/h6-9,11H,4-5,10H2,1-3H3. The third kappa shape index (κ3) is 2.30. The Labute approximate surface area is 108 Å². The molecule has 0 aliphatic heterocycles. The van der Waals surface area contributed by atoms with Crippen LogP contribution < -0.4 is 0 Å². The van der Waals surface area contributed by atoms with E-state index in [1.807, 2.05) is 35.9 Å². The maximum atomic E-state index is 12.2. The van der Waals surface area contributed by atoms with E-state index in [-0.39, 0.29) is 5.92 Å². The zero-order valence-corrected chi connectivity index (χ0v) is 11.3. The lowest BCUT2D eigenvalue weighted by Crippen LogP contribution is -2.17. The SMILES string of the molecule is CCC(CC)C(=O)Cc1nc2ccccc2n1C. The maximum Gasteiger partial charge on any atom is 0.143 e. The molecule has 3 heteroatoms. The molecule has 1 aromatic carbocycles. The summed E-state index contributed by atoms with van der Waals surface area (Å²) in [7, 11) is 1.98. The molecule has 0 N–H and O–H groups in total. The van der Waals surface area contributed by atoms with Crippen LogP contribution in [0.3, 0.4) is 0 Å². The van der Waals surface area contributed by atoms with Crippen molar-refractivity contribution >= 4 is 16.8 Å². The van der Waals surface area contributed by atoms with Crippen LogP contribution in [-0.4, -0.2) is 15.3 Å². The number of hydrogen-bond donors (Lipinski definition) is 0. The first-order valence-electron chi connectivity index (χ1n) is 6.60. The van der Waals surface area contributed by atoms with Crippen LogP contribution in [0, 0.1) is 5.92 Å². The first kappa shape index (κ1) is 12.8. The Kier molecular flexibility index (Phi) is 3.80. The van der Waals surface area contributed by atoms with E-state index < -0.39 is 0 Å². The molecule has 0 bridgehead atoms. The summed E-state index contributed by atoms with van der Waals surface area (Å²) in [6.07, 6.45) is 2.27. The lowest BCUT2D eigenvalue weighted by atomic mass is 9.96. The topological polar surface area (TPSA) is 34.9 Å². The van der Waals surface area contributed by atoms with Crippen LogP contribution in [0.1, 0.15) is 32.5 Å². The fourth-order valence-corrected chi connectivity index (χ4v) is 2.40. The maximum absolute atomic E-state index is 12.2. The van der Waals surface area contributed by atoms with Crippen molar-refractivity contribution in [3.8, 4) is 0 Å². The number of para-hydroxylation sites is 2. The molecule has 0 saturated carbocycles. The van der Waals surface area contributed by atoms with Crippen molar-refractivity contribution in [1.29, 1.82) is 0 Å². The first-order valence-corrected chi connectivity index (χ1v) is 6.60. The molecule has 0 amide bonds. The monoisotopic (exact) mass is 244 g/mol. The second-order valence-electron chi connectivity index (χ2n) is 4.73. The predicted octanol–water partition coefficient (Wildman–Crippen LogP) is 3.12. The molecule has 0 saturated heterocycles. The molecule has 0 fully saturated rings. The van der Waals surface area contributed by atoms with Crippen molar-refractivity contribution in [1.82, 2.24) is 9.55 Å². The highest BCUT2D eigenvalue weighted by Gasteiger charge is 2.17. The fraction of sp³-hybridized carbons (Fsp3) is 0.467. The van der Waals surface area contributed by atoms with Crippen LogP contribution in [0.2, 0.25) is 0 Å². The van der Waals surface area contributed by atoms with Gasteiger partial charge in [0.15, 0.2) is 0 Å². The Balaban J connectivity index is 2.27. The van der Waals surface area contributed by atoms with E-state index in [0.29, 0.717) is 12.2 Å². The molecule has 0 atom stereocenters. The molecule has 96 valence electrons. The largest absolute Gasteiger partial charge is 0.331 e. The molecular formula is C15H20N2O. The van der Waals surface area contributed by atoms with Crippen LogP contribution in [0.5, 0.6) is 0 Å². The molecule has 0 radical (unpaired) electrons. The summed E-state index contributed by atoms with van der Waals surface area (Å²) in [6, 6.07) is 7.99. The van der Waals surface area contributed by atoms with E-state index in [2.05, 4.69) is 18.8 Å². The summed E-state index contributed by atoms with van der Waals surface area (Å²) >= 11 is 0. The van der Waals surface area contributed by atoms with Gasteiger partial charge in [0.2, 0.25) is 0 Å². The van der Waals surface area contributed by atoms with Crippen molar-refractivity contribution in [2.45, 2.75) is 33.1 Å². The third-order valence-corrected chi connectivity index (χ3v) is 3.65. The molecule has 2 aromatic rings. The number of nitrogens with zero attached hydrogens (tertiary/aromatic N) is 2. The van der Waals surface area contributed by atoms with Gasteiger partial charge in [0.1, 0.15) is 11.6 Å². The van der Waals surface area contributed by atoms with Gasteiger partial charge in [-0.25, -0.2) is 4.98 Å².